The summed E-state index contributed by atoms with van der Waals surface area (Å²) >= 11 is 0.950. The highest BCUT2D eigenvalue weighted by atomic mass is 32.2. The number of nitrogens with one attached hydrogen (secondary N) is 2. The molecule has 0 atom stereocenters. The van der Waals surface area contributed by atoms with E-state index >= 15 is 0 Å². The topological polar surface area (TPSA) is 114 Å². The van der Waals surface area contributed by atoms with Crippen molar-refractivity contribution in [3.05, 3.63) is 40.3 Å². The van der Waals surface area contributed by atoms with Gasteiger partial charge in [-0.15, -0.1) is 0 Å². The average molecular weight is 473 g/mol. The van der Waals surface area contributed by atoms with Crippen molar-refractivity contribution < 1.29 is 22.0 Å². The number of hydrogen-bond donors (Lipinski definition) is 3. The molecule has 1 aromatic heterocycles. The number of hydrogen-bond acceptors (Lipinski definition) is 7. The Morgan fingerprint density at radius 3 is 2.35 bits per heavy atom. The minimum atomic E-state index is -3.30. The molecule has 2 aromatic rings. The Balaban J connectivity index is 1.61. The van der Waals surface area contributed by atoms with Crippen LogP contribution in [0.3, 0.4) is 0 Å². The van der Waals surface area contributed by atoms with Gasteiger partial charge in [0.2, 0.25) is 15.8 Å². The van der Waals surface area contributed by atoms with Crippen LogP contribution in [-0.4, -0.2) is 37.0 Å². The average Bonchev–Trinajstić information content (AvgIpc) is 3.02. The lowest BCUT2D eigenvalue weighted by atomic mass is 9.92. The van der Waals surface area contributed by atoms with Gasteiger partial charge in [0.15, 0.2) is 5.13 Å². The van der Waals surface area contributed by atoms with Gasteiger partial charge in [0, 0.05) is 12.1 Å². The molecule has 1 aromatic carbocycles. The third-order valence-corrected chi connectivity index (χ3v) is 7.80. The Bertz CT molecular complexity index is 1030. The van der Waals surface area contributed by atoms with Crippen molar-refractivity contribution in [2.24, 2.45) is 5.92 Å². The maximum absolute atomic E-state index is 13.9. The van der Waals surface area contributed by atoms with Crippen LogP contribution in [-0.2, 0) is 10.0 Å². The number of carbonyl (C=O) groups excluding carboxylic acids is 1. The second kappa shape index (κ2) is 9.58. The standard InChI is InChI=1S/C20H26F2N4O3S2/c1-11(2)10-31(28,29)26-13-8-6-12(7-9-13)24-20-25-19(23)18(30-20)17(27)16-14(21)4-3-5-15(16)22/h3-5,11-13,26H,6-10,23H2,1-2H3,(H,24,25)/t12-,13-. The molecular weight excluding hydrogens is 446 g/mol. The first-order chi connectivity index (χ1) is 14.6. The Labute approximate surface area is 184 Å². The van der Waals surface area contributed by atoms with Crippen molar-refractivity contribution >= 4 is 38.1 Å². The molecule has 0 unspecified atom stereocenters. The number of nitrogen functional groups attached to an aromatic ring is 1. The summed E-state index contributed by atoms with van der Waals surface area (Å²) in [5.41, 5.74) is 5.18. The first-order valence-corrected chi connectivity index (χ1v) is 12.5. The predicted octanol–water partition coefficient (Wildman–Crippen LogP) is 3.53. The van der Waals surface area contributed by atoms with Gasteiger partial charge in [-0.2, -0.15) is 0 Å². The highest BCUT2D eigenvalue weighted by molar-refractivity contribution is 7.89. The zero-order valence-corrected chi connectivity index (χ0v) is 19.0. The van der Waals surface area contributed by atoms with Crippen LogP contribution >= 0.6 is 11.3 Å². The Kier molecular flexibility index (Phi) is 7.28. The number of nitrogens with two attached hydrogens (primary N) is 1. The third-order valence-electron chi connectivity index (χ3n) is 5.00. The van der Waals surface area contributed by atoms with E-state index in [-0.39, 0.29) is 34.4 Å². The zero-order chi connectivity index (χ0) is 22.8. The van der Waals surface area contributed by atoms with Crippen LogP contribution < -0.4 is 15.8 Å². The lowest BCUT2D eigenvalue weighted by molar-refractivity contribution is 0.103. The molecule has 0 amide bonds. The molecule has 0 spiro atoms. The van der Waals surface area contributed by atoms with E-state index in [2.05, 4.69) is 15.0 Å². The van der Waals surface area contributed by atoms with Crippen molar-refractivity contribution in [2.75, 3.05) is 16.8 Å². The molecule has 170 valence electrons. The van der Waals surface area contributed by atoms with E-state index < -0.39 is 33.0 Å². The van der Waals surface area contributed by atoms with Gasteiger partial charge in [-0.1, -0.05) is 31.3 Å². The predicted molar refractivity (Wildman–Crippen MR) is 118 cm³/mol. The fourth-order valence-electron chi connectivity index (χ4n) is 3.66. The van der Waals surface area contributed by atoms with E-state index in [9.17, 15) is 22.0 Å². The summed E-state index contributed by atoms with van der Waals surface area (Å²) in [4.78, 5) is 16.7. The number of nitrogens with zero attached hydrogens (tertiary/aromatic N) is 1. The normalized spacial score (nSPS) is 19.5. The number of sulfonamides is 1. The molecule has 3 rings (SSSR count). The second-order valence-electron chi connectivity index (χ2n) is 8.15. The van der Waals surface area contributed by atoms with E-state index in [1.807, 2.05) is 13.8 Å². The lowest BCUT2D eigenvalue weighted by Gasteiger charge is -2.29. The van der Waals surface area contributed by atoms with Crippen LogP contribution in [0.1, 0.15) is 54.8 Å². The van der Waals surface area contributed by atoms with Crippen LogP contribution in [0.4, 0.5) is 19.7 Å². The Morgan fingerprint density at radius 2 is 1.77 bits per heavy atom. The molecule has 31 heavy (non-hydrogen) atoms. The van der Waals surface area contributed by atoms with E-state index in [0.717, 1.165) is 23.5 Å². The van der Waals surface area contributed by atoms with Gasteiger partial charge in [-0.3, -0.25) is 4.79 Å². The van der Waals surface area contributed by atoms with E-state index in [0.29, 0.717) is 30.8 Å². The van der Waals surface area contributed by atoms with Crippen LogP contribution in [0.25, 0.3) is 0 Å². The minimum absolute atomic E-state index is 0.0263. The molecule has 0 bridgehead atoms. The molecule has 1 saturated carbocycles. The van der Waals surface area contributed by atoms with Gasteiger partial charge < -0.3 is 11.1 Å². The van der Waals surface area contributed by atoms with Crippen molar-refractivity contribution in [3.8, 4) is 0 Å². The van der Waals surface area contributed by atoms with Gasteiger partial charge in [-0.05, 0) is 43.7 Å². The van der Waals surface area contributed by atoms with Crippen molar-refractivity contribution in [1.29, 1.82) is 0 Å². The molecule has 1 fully saturated rings. The van der Waals surface area contributed by atoms with E-state index in [1.165, 1.54) is 6.07 Å². The highest BCUT2D eigenvalue weighted by Gasteiger charge is 2.27. The molecule has 1 aliphatic rings. The Morgan fingerprint density at radius 1 is 1.19 bits per heavy atom. The van der Waals surface area contributed by atoms with Crippen LogP contribution in [0.5, 0.6) is 0 Å². The summed E-state index contributed by atoms with van der Waals surface area (Å²) in [6, 6.07) is 3.14. The van der Waals surface area contributed by atoms with Crippen molar-refractivity contribution in [2.45, 2.75) is 51.6 Å². The molecular formula is C20H26F2N4O3S2. The largest absolute Gasteiger partial charge is 0.382 e. The number of carbonyl (C=O) groups is 1. The number of anilines is 2. The summed E-state index contributed by atoms with van der Waals surface area (Å²) < 4.78 is 54.9. The first-order valence-electron chi connectivity index (χ1n) is 10.1. The molecule has 0 radical (unpaired) electrons. The zero-order valence-electron chi connectivity index (χ0n) is 17.3. The molecule has 11 heteroatoms. The molecule has 7 nitrogen and oxygen atoms in total. The van der Waals surface area contributed by atoms with Gasteiger partial charge >= 0.3 is 0 Å². The number of ketones is 1. The molecule has 1 heterocycles. The fraction of sp³-hybridized carbons (Fsp3) is 0.500. The van der Waals surface area contributed by atoms with Crippen LogP contribution in [0, 0.1) is 17.6 Å². The summed E-state index contributed by atoms with van der Waals surface area (Å²) in [6.45, 7) is 3.72. The van der Waals surface area contributed by atoms with Crippen LogP contribution in [0.15, 0.2) is 18.2 Å². The molecule has 0 saturated heterocycles. The monoisotopic (exact) mass is 472 g/mol. The number of rotatable bonds is 8. The van der Waals surface area contributed by atoms with E-state index in [1.54, 1.807) is 0 Å². The van der Waals surface area contributed by atoms with Gasteiger partial charge in [0.05, 0.1) is 11.3 Å². The maximum atomic E-state index is 13.9. The van der Waals surface area contributed by atoms with Crippen molar-refractivity contribution in [1.82, 2.24) is 9.71 Å². The quantitative estimate of drug-likeness (QED) is 0.507. The number of halogens is 2. The highest BCUT2D eigenvalue weighted by Crippen LogP contribution is 2.31. The second-order valence-corrected chi connectivity index (χ2v) is 10.9. The summed E-state index contributed by atoms with van der Waals surface area (Å²) in [7, 11) is -3.30. The SMILES string of the molecule is CC(C)CS(=O)(=O)N[C@H]1CC[C@H](Nc2nc(N)c(C(=O)c3c(F)cccc3F)s2)CC1. The Hall–Kier alpha value is -2.11. The summed E-state index contributed by atoms with van der Waals surface area (Å²) in [5.74, 6) is -2.68. The first kappa shape index (κ1) is 23.6. The van der Waals surface area contributed by atoms with Gasteiger partial charge in [0.1, 0.15) is 22.3 Å². The lowest BCUT2D eigenvalue weighted by Crippen LogP contribution is -2.41. The summed E-state index contributed by atoms with van der Waals surface area (Å²) in [5, 5.41) is 3.59. The number of aromatic nitrogens is 1. The van der Waals surface area contributed by atoms with Crippen LogP contribution in [0.2, 0.25) is 0 Å². The number of benzene rings is 1. The minimum Gasteiger partial charge on any atom is -0.382 e. The smallest absolute Gasteiger partial charge is 0.212 e. The van der Waals surface area contributed by atoms with E-state index in [4.69, 9.17) is 5.73 Å². The number of thiazole rings is 1. The van der Waals surface area contributed by atoms with Gasteiger partial charge in [-0.25, -0.2) is 26.9 Å². The molecule has 4 N–H and O–H groups in total. The fourth-order valence-corrected chi connectivity index (χ4v) is 6.28. The molecule has 1 aliphatic carbocycles. The maximum Gasteiger partial charge on any atom is 0.212 e. The van der Waals surface area contributed by atoms with Crippen molar-refractivity contribution in [3.63, 3.8) is 0 Å². The third kappa shape index (κ3) is 5.98. The van der Waals surface area contributed by atoms with Gasteiger partial charge in [0.25, 0.3) is 0 Å². The summed E-state index contributed by atoms with van der Waals surface area (Å²) in [6.07, 6.45) is 2.75. The molecule has 0 aliphatic heterocycles.